The first-order chi connectivity index (χ1) is 30.1. The van der Waals surface area contributed by atoms with E-state index < -0.39 is 28.9 Å². The Morgan fingerprint density at radius 2 is 1.11 bits per heavy atom. The molecule has 2 aromatic heterocycles. The third-order valence-corrected chi connectivity index (χ3v) is 8.57. The number of aliphatic carboxylic acids is 2. The fraction of sp³-hybridized carbons (Fsp3) is 0.163. The molecular formula is C43H48BBrN6O14Pd. The van der Waals surface area contributed by atoms with Crippen molar-refractivity contribution in [2.75, 3.05) is 25.7 Å². The smallest absolute Gasteiger partial charge is 0.488 e. The standard InChI is InChI=1S/C19H17N3O4.C13H13BrN2O2.C6H6BNO4.2C2H4O2.CH4.Pd/c1-26-18-7-5-13(11-21-12-15(20)6-8-19(21)23)9-17(18)14-3-2-4-16(10-14)22(24)25;1-18-12-4-2-9(6-11(12)14)7-16-8-10(15)3-5-13(16)17;9-7(10)5-2-1-3-6(4-5)8(11)12;2*1-2(3)4;;/h2-10,12H,11,20H2,1H3;2-6,8H,7,15H2,1H3;1-4,9-10H;2*1H3,(H,3,4);1H4;. The van der Waals surface area contributed by atoms with Crippen LogP contribution in [0.4, 0.5) is 22.7 Å². The van der Waals surface area contributed by atoms with E-state index in [0.717, 1.165) is 41.3 Å². The number of ether oxygens (including phenoxy) is 2. The minimum atomic E-state index is -1.66. The summed E-state index contributed by atoms with van der Waals surface area (Å²) in [5.41, 5.74) is 15.4. The maximum Gasteiger partial charge on any atom is 0.488 e. The first-order valence-electron chi connectivity index (χ1n) is 18.3. The molecule has 4 aromatic carbocycles. The number of carboxylic acid groups (broad SMARTS) is 2. The van der Waals surface area contributed by atoms with E-state index >= 15 is 0 Å². The molecule has 23 heteroatoms. The van der Waals surface area contributed by atoms with Crippen LogP contribution in [0.1, 0.15) is 32.4 Å². The van der Waals surface area contributed by atoms with Gasteiger partial charge in [0, 0.05) is 100 Å². The molecule has 0 amide bonds. The molecule has 0 saturated heterocycles. The molecule has 0 spiro atoms. The quantitative estimate of drug-likeness (QED) is 0.0568. The van der Waals surface area contributed by atoms with Gasteiger partial charge in [-0.25, -0.2) is 0 Å². The van der Waals surface area contributed by atoms with Gasteiger partial charge in [0.2, 0.25) is 0 Å². The molecule has 66 heavy (non-hydrogen) atoms. The second kappa shape index (κ2) is 29.3. The van der Waals surface area contributed by atoms with Gasteiger partial charge in [-0.05, 0) is 74.5 Å². The molecule has 0 radical (unpaired) electrons. The van der Waals surface area contributed by atoms with E-state index in [2.05, 4.69) is 15.9 Å². The molecule has 6 aromatic rings. The normalized spacial score (nSPS) is 9.44. The Labute approximate surface area is 400 Å². The number of carboxylic acids is 2. The molecule has 354 valence electrons. The first-order valence-corrected chi connectivity index (χ1v) is 19.1. The number of benzene rings is 4. The van der Waals surface area contributed by atoms with Crippen LogP contribution in [0, 0.1) is 20.2 Å². The Kier molecular flexibility index (Phi) is 26.1. The van der Waals surface area contributed by atoms with E-state index in [4.69, 9.17) is 50.8 Å². The molecular weight excluding hydrogens is 1020 g/mol. The van der Waals surface area contributed by atoms with Gasteiger partial charge in [0.15, 0.2) is 0 Å². The summed E-state index contributed by atoms with van der Waals surface area (Å²) in [4.78, 5) is 61.9. The number of rotatable bonds is 10. The molecule has 20 nitrogen and oxygen atoms in total. The van der Waals surface area contributed by atoms with Crippen molar-refractivity contribution in [3.8, 4) is 22.6 Å². The second-order valence-electron chi connectivity index (χ2n) is 12.9. The predicted molar refractivity (Wildman–Crippen MR) is 250 cm³/mol. The van der Waals surface area contributed by atoms with Crippen molar-refractivity contribution in [1.29, 1.82) is 0 Å². The van der Waals surface area contributed by atoms with Crippen molar-refractivity contribution in [3.63, 3.8) is 0 Å². The number of non-ortho nitro benzene ring substituents is 2. The number of anilines is 2. The number of nitrogens with zero attached hydrogens (tertiary/aromatic N) is 4. The van der Waals surface area contributed by atoms with Crippen LogP contribution in [0.3, 0.4) is 0 Å². The summed E-state index contributed by atoms with van der Waals surface area (Å²) in [6, 6.07) is 28.7. The average molecular weight is 1070 g/mol. The van der Waals surface area contributed by atoms with E-state index in [0.29, 0.717) is 41.3 Å². The van der Waals surface area contributed by atoms with Crippen molar-refractivity contribution < 1.29 is 69.6 Å². The van der Waals surface area contributed by atoms with Crippen LogP contribution in [-0.2, 0) is 43.1 Å². The van der Waals surface area contributed by atoms with Crippen molar-refractivity contribution >= 4 is 63.2 Å². The number of hydrogen-bond donors (Lipinski definition) is 6. The van der Waals surface area contributed by atoms with Crippen LogP contribution in [0.25, 0.3) is 11.1 Å². The van der Waals surface area contributed by atoms with Crippen LogP contribution in [0.2, 0.25) is 0 Å². The van der Waals surface area contributed by atoms with Gasteiger partial charge in [-0.15, -0.1) is 0 Å². The van der Waals surface area contributed by atoms with Gasteiger partial charge in [-0.2, -0.15) is 0 Å². The summed E-state index contributed by atoms with van der Waals surface area (Å²) in [6.07, 6.45) is 3.22. The number of hydrogen-bond acceptors (Lipinski definition) is 14. The summed E-state index contributed by atoms with van der Waals surface area (Å²) in [6.45, 7) is 2.97. The first kappa shape index (κ1) is 58.8. The van der Waals surface area contributed by atoms with Crippen LogP contribution in [0.15, 0.2) is 136 Å². The van der Waals surface area contributed by atoms with Crippen LogP contribution >= 0.6 is 15.9 Å². The number of nitrogens with two attached hydrogens (primary N) is 2. The molecule has 0 fully saturated rings. The minimum Gasteiger partial charge on any atom is -0.496 e. The zero-order valence-electron chi connectivity index (χ0n) is 35.0. The summed E-state index contributed by atoms with van der Waals surface area (Å²) in [5, 5.41) is 53.4. The Morgan fingerprint density at radius 3 is 1.53 bits per heavy atom. The number of nitro groups is 2. The van der Waals surface area contributed by atoms with E-state index in [1.165, 1.54) is 54.1 Å². The fourth-order valence-corrected chi connectivity index (χ4v) is 5.80. The monoisotopic (exact) mass is 1070 g/mol. The van der Waals surface area contributed by atoms with E-state index in [1.807, 2.05) is 30.3 Å². The summed E-state index contributed by atoms with van der Waals surface area (Å²) < 4.78 is 14.5. The molecule has 8 N–H and O–H groups in total. The maximum absolute atomic E-state index is 12.0. The number of nitro benzene ring substituents is 2. The van der Waals surface area contributed by atoms with Gasteiger partial charge in [-0.1, -0.05) is 43.8 Å². The van der Waals surface area contributed by atoms with Crippen molar-refractivity contribution in [2.45, 2.75) is 34.4 Å². The largest absolute Gasteiger partial charge is 0.496 e. The Bertz CT molecular complexity index is 2660. The third-order valence-electron chi connectivity index (χ3n) is 7.95. The van der Waals surface area contributed by atoms with Gasteiger partial charge in [-0.3, -0.25) is 39.4 Å². The second-order valence-corrected chi connectivity index (χ2v) is 13.8. The predicted octanol–water partition coefficient (Wildman–Crippen LogP) is 5.40. The molecule has 0 saturated carbocycles. The number of methoxy groups -OCH3 is 2. The fourth-order valence-electron chi connectivity index (χ4n) is 5.21. The van der Waals surface area contributed by atoms with Crippen LogP contribution in [0.5, 0.6) is 11.5 Å². The Balaban J connectivity index is 0.000000920. The van der Waals surface area contributed by atoms with E-state index in [-0.39, 0.29) is 55.8 Å². The number of aromatic nitrogens is 2. The summed E-state index contributed by atoms with van der Waals surface area (Å²) in [5.74, 6) is -0.312. The van der Waals surface area contributed by atoms with Crippen LogP contribution < -0.4 is 37.5 Å². The molecule has 0 aliphatic heterocycles. The molecule has 0 aliphatic carbocycles. The average Bonchev–Trinajstić information content (AvgIpc) is 3.23. The number of pyridine rings is 2. The Hall–Kier alpha value is -7.15. The van der Waals surface area contributed by atoms with Crippen molar-refractivity contribution in [1.82, 2.24) is 9.13 Å². The van der Waals surface area contributed by atoms with Crippen molar-refractivity contribution in [3.05, 3.63) is 178 Å². The van der Waals surface area contributed by atoms with Gasteiger partial charge in [0.25, 0.3) is 34.4 Å². The Morgan fingerprint density at radius 1 is 0.682 bits per heavy atom. The topological polar surface area (TPSA) is 316 Å². The number of carbonyl (C=O) groups is 2. The van der Waals surface area contributed by atoms with Gasteiger partial charge < -0.3 is 50.3 Å². The maximum atomic E-state index is 12.0. The zero-order chi connectivity index (χ0) is 48.1. The van der Waals surface area contributed by atoms with Gasteiger partial charge in [0.1, 0.15) is 11.5 Å². The molecule has 0 bridgehead atoms. The molecule has 0 atom stereocenters. The molecule has 0 unspecified atom stereocenters. The summed E-state index contributed by atoms with van der Waals surface area (Å²) in [7, 11) is 1.49. The minimum absolute atomic E-state index is 0. The number of halogens is 1. The third kappa shape index (κ3) is 20.6. The molecule has 2 heterocycles. The van der Waals surface area contributed by atoms with Gasteiger partial charge >= 0.3 is 7.12 Å². The molecule has 0 aliphatic rings. The SMILES string of the molecule is C.CC(=O)O.CC(=O)O.COc1ccc(Cn2cc(N)ccc2=O)cc1-c1cccc([N+](=O)[O-])c1.COc1ccc(Cn2cc(N)ccc2=O)cc1Br.O=[N+]([O-])c1cccc(B(O)O)c1.[Pd]. The molecule has 6 rings (SSSR count). The van der Waals surface area contributed by atoms with E-state index in [9.17, 15) is 29.8 Å². The summed E-state index contributed by atoms with van der Waals surface area (Å²) >= 11 is 3.42. The van der Waals surface area contributed by atoms with E-state index in [1.54, 1.807) is 54.4 Å². The zero-order valence-corrected chi connectivity index (χ0v) is 38.2. The number of nitrogen functional groups attached to an aromatic ring is 2. The van der Waals surface area contributed by atoms with Gasteiger partial charge in [0.05, 0.1) is 41.6 Å². The van der Waals surface area contributed by atoms with Crippen molar-refractivity contribution in [2.24, 2.45) is 0 Å². The van der Waals surface area contributed by atoms with Crippen LogP contribution in [-0.4, -0.2) is 72.5 Å².